The van der Waals surface area contributed by atoms with Gasteiger partial charge < -0.3 is 4.90 Å². The third-order valence-corrected chi connectivity index (χ3v) is 3.09. The summed E-state index contributed by atoms with van der Waals surface area (Å²) in [6, 6.07) is 0. The van der Waals surface area contributed by atoms with Crippen molar-refractivity contribution in [3.05, 3.63) is 24.8 Å². The van der Waals surface area contributed by atoms with Gasteiger partial charge in [-0.2, -0.15) is 0 Å². The third kappa shape index (κ3) is 11.7. The molecule has 1 heteroatoms. The zero-order chi connectivity index (χ0) is 12.9. The van der Waals surface area contributed by atoms with Crippen molar-refractivity contribution in [1.82, 2.24) is 4.90 Å². The summed E-state index contributed by atoms with van der Waals surface area (Å²) in [5, 5.41) is 0. The molecule has 0 saturated heterocycles. The van der Waals surface area contributed by atoms with Crippen molar-refractivity contribution in [3.8, 4) is 0 Å². The van der Waals surface area contributed by atoms with Gasteiger partial charge in [-0.3, -0.25) is 0 Å². The van der Waals surface area contributed by atoms with Gasteiger partial charge in [0.25, 0.3) is 0 Å². The highest BCUT2D eigenvalue weighted by Gasteiger charge is 2.00. The Hall–Kier alpha value is -0.560. The summed E-state index contributed by atoms with van der Waals surface area (Å²) in [6.45, 7) is 7.37. The maximum absolute atomic E-state index is 3.91. The lowest BCUT2D eigenvalue weighted by Gasteiger charge is -2.08. The zero-order valence-corrected chi connectivity index (χ0v) is 12.1. The summed E-state index contributed by atoms with van der Waals surface area (Å²) < 4.78 is 0. The maximum Gasteiger partial charge on any atom is -0.00247 e. The molecular weight excluding hydrogens is 206 g/mol. The fourth-order valence-electron chi connectivity index (χ4n) is 1.99. The van der Waals surface area contributed by atoms with E-state index in [4.69, 9.17) is 0 Å². The first kappa shape index (κ1) is 16.4. The van der Waals surface area contributed by atoms with Crippen LogP contribution in [0, 0.1) is 5.92 Å². The van der Waals surface area contributed by atoms with Crippen molar-refractivity contribution in [2.75, 3.05) is 20.6 Å². The highest BCUT2D eigenvalue weighted by atomic mass is 15.0. The molecule has 0 fully saturated rings. The molecule has 0 saturated carbocycles. The van der Waals surface area contributed by atoms with Crippen molar-refractivity contribution in [2.24, 2.45) is 5.92 Å². The number of hydrogen-bond donors (Lipinski definition) is 0. The standard InChI is InChI=1S/C16H31N/c1-5-13-16(6-2)14-11-9-7-8-10-12-15-17(3)4/h6-7,9,16H,2,5,8,10-15H2,1,3-4H3/b9-7+. The first-order valence-electron chi connectivity index (χ1n) is 7.13. The van der Waals surface area contributed by atoms with Gasteiger partial charge in [-0.25, -0.2) is 0 Å². The molecule has 0 aliphatic carbocycles. The highest BCUT2D eigenvalue weighted by Crippen LogP contribution is 2.14. The van der Waals surface area contributed by atoms with Crippen LogP contribution in [0.25, 0.3) is 0 Å². The molecule has 17 heavy (non-hydrogen) atoms. The Morgan fingerprint density at radius 2 is 1.76 bits per heavy atom. The van der Waals surface area contributed by atoms with E-state index in [1.807, 2.05) is 0 Å². The molecule has 0 aromatic carbocycles. The average Bonchev–Trinajstić information content (AvgIpc) is 2.30. The molecule has 0 aliphatic rings. The van der Waals surface area contributed by atoms with Crippen molar-refractivity contribution in [3.63, 3.8) is 0 Å². The van der Waals surface area contributed by atoms with Crippen molar-refractivity contribution < 1.29 is 0 Å². The normalized spacial score (nSPS) is 13.4. The first-order valence-corrected chi connectivity index (χ1v) is 7.13. The van der Waals surface area contributed by atoms with Crippen LogP contribution in [0.15, 0.2) is 24.8 Å². The molecule has 0 rings (SSSR count). The van der Waals surface area contributed by atoms with E-state index in [0.717, 1.165) is 5.92 Å². The second-order valence-corrected chi connectivity index (χ2v) is 5.13. The molecule has 0 heterocycles. The summed E-state index contributed by atoms with van der Waals surface area (Å²) in [4.78, 5) is 2.25. The molecule has 0 radical (unpaired) electrons. The molecule has 1 nitrogen and oxygen atoms in total. The molecular formula is C16H31N. The van der Waals surface area contributed by atoms with E-state index < -0.39 is 0 Å². The van der Waals surface area contributed by atoms with Crippen LogP contribution in [0.4, 0.5) is 0 Å². The lowest BCUT2D eigenvalue weighted by Crippen LogP contribution is -2.12. The molecule has 0 aromatic rings. The van der Waals surface area contributed by atoms with E-state index in [9.17, 15) is 0 Å². The highest BCUT2D eigenvalue weighted by molar-refractivity contribution is 4.85. The van der Waals surface area contributed by atoms with Crippen LogP contribution in [0.1, 0.15) is 51.9 Å². The average molecular weight is 237 g/mol. The summed E-state index contributed by atoms with van der Waals surface area (Å²) >= 11 is 0. The van der Waals surface area contributed by atoms with Gasteiger partial charge in [0, 0.05) is 0 Å². The molecule has 100 valence electrons. The summed E-state index contributed by atoms with van der Waals surface area (Å²) in [6.07, 6.45) is 15.7. The Morgan fingerprint density at radius 3 is 2.35 bits per heavy atom. The van der Waals surface area contributed by atoms with E-state index in [0.29, 0.717) is 0 Å². The second-order valence-electron chi connectivity index (χ2n) is 5.13. The molecule has 0 amide bonds. The Morgan fingerprint density at radius 1 is 1.06 bits per heavy atom. The van der Waals surface area contributed by atoms with Crippen LogP contribution < -0.4 is 0 Å². The Bertz CT molecular complexity index is 194. The van der Waals surface area contributed by atoms with E-state index in [1.165, 1.54) is 51.5 Å². The van der Waals surface area contributed by atoms with Crippen molar-refractivity contribution >= 4 is 0 Å². The molecule has 1 unspecified atom stereocenters. The van der Waals surface area contributed by atoms with Gasteiger partial charge >= 0.3 is 0 Å². The Labute approximate surface area is 109 Å². The van der Waals surface area contributed by atoms with Crippen molar-refractivity contribution in [1.29, 1.82) is 0 Å². The summed E-state index contributed by atoms with van der Waals surface area (Å²) in [7, 11) is 4.28. The number of allylic oxidation sites excluding steroid dienone is 3. The summed E-state index contributed by atoms with van der Waals surface area (Å²) in [5.74, 6) is 0.721. The predicted molar refractivity (Wildman–Crippen MR) is 79.4 cm³/mol. The molecule has 0 bridgehead atoms. The van der Waals surface area contributed by atoms with E-state index in [1.54, 1.807) is 0 Å². The van der Waals surface area contributed by atoms with Gasteiger partial charge in [-0.15, -0.1) is 6.58 Å². The van der Waals surface area contributed by atoms with Crippen LogP contribution in [0.3, 0.4) is 0 Å². The second kappa shape index (κ2) is 11.9. The number of rotatable bonds is 11. The van der Waals surface area contributed by atoms with Gasteiger partial charge in [0.2, 0.25) is 0 Å². The van der Waals surface area contributed by atoms with Gasteiger partial charge in [0.05, 0.1) is 0 Å². The number of unbranched alkanes of at least 4 members (excludes halogenated alkanes) is 2. The number of nitrogens with zero attached hydrogens (tertiary/aromatic N) is 1. The van der Waals surface area contributed by atoms with Gasteiger partial charge in [-0.05, 0) is 65.1 Å². The maximum atomic E-state index is 3.91. The lowest BCUT2D eigenvalue weighted by molar-refractivity contribution is 0.395. The molecule has 0 N–H and O–H groups in total. The predicted octanol–water partition coefficient (Wildman–Crippen LogP) is 4.66. The van der Waals surface area contributed by atoms with Crippen LogP contribution in [-0.4, -0.2) is 25.5 Å². The van der Waals surface area contributed by atoms with E-state index in [-0.39, 0.29) is 0 Å². The fourth-order valence-corrected chi connectivity index (χ4v) is 1.99. The van der Waals surface area contributed by atoms with E-state index >= 15 is 0 Å². The van der Waals surface area contributed by atoms with Crippen LogP contribution >= 0.6 is 0 Å². The SMILES string of the molecule is C=CC(CCC)CC/C=C/CCCCN(C)C. The molecule has 0 aliphatic heterocycles. The van der Waals surface area contributed by atoms with E-state index in [2.05, 4.69) is 50.7 Å². The smallest absolute Gasteiger partial charge is 0.00247 e. The zero-order valence-electron chi connectivity index (χ0n) is 12.1. The number of hydrogen-bond acceptors (Lipinski definition) is 1. The minimum Gasteiger partial charge on any atom is -0.309 e. The first-order chi connectivity index (χ1) is 8.20. The third-order valence-electron chi connectivity index (χ3n) is 3.09. The lowest BCUT2D eigenvalue weighted by atomic mass is 9.98. The van der Waals surface area contributed by atoms with Crippen LogP contribution in [-0.2, 0) is 0 Å². The Kier molecular flexibility index (Phi) is 11.5. The minimum absolute atomic E-state index is 0.721. The topological polar surface area (TPSA) is 3.24 Å². The van der Waals surface area contributed by atoms with Gasteiger partial charge in [-0.1, -0.05) is 31.6 Å². The molecule has 0 aromatic heterocycles. The fraction of sp³-hybridized carbons (Fsp3) is 0.750. The molecule has 0 spiro atoms. The molecule has 1 atom stereocenters. The minimum atomic E-state index is 0.721. The Balaban J connectivity index is 3.38. The van der Waals surface area contributed by atoms with Crippen molar-refractivity contribution in [2.45, 2.75) is 51.9 Å². The summed E-state index contributed by atoms with van der Waals surface area (Å²) in [5.41, 5.74) is 0. The van der Waals surface area contributed by atoms with Gasteiger partial charge in [0.15, 0.2) is 0 Å². The van der Waals surface area contributed by atoms with Crippen LogP contribution in [0.5, 0.6) is 0 Å². The van der Waals surface area contributed by atoms with Crippen LogP contribution in [0.2, 0.25) is 0 Å². The van der Waals surface area contributed by atoms with Gasteiger partial charge in [0.1, 0.15) is 0 Å². The largest absolute Gasteiger partial charge is 0.309 e. The monoisotopic (exact) mass is 237 g/mol. The quantitative estimate of drug-likeness (QED) is 0.373.